The minimum absolute atomic E-state index is 0. The number of anilines is 2. The highest BCUT2D eigenvalue weighted by molar-refractivity contribution is 6.30. The predicted molar refractivity (Wildman–Crippen MR) is 106 cm³/mol. The maximum absolute atomic E-state index is 13.4. The van der Waals surface area contributed by atoms with Crippen molar-refractivity contribution in [2.24, 2.45) is 5.92 Å². The van der Waals surface area contributed by atoms with Crippen molar-refractivity contribution in [3.05, 3.63) is 46.7 Å². The second kappa shape index (κ2) is 10.2. The van der Waals surface area contributed by atoms with Crippen LogP contribution in [0, 0.1) is 5.92 Å². The zero-order chi connectivity index (χ0) is 19.3. The molecule has 5 nitrogen and oxygen atoms in total. The summed E-state index contributed by atoms with van der Waals surface area (Å²) in [5.41, 5.74) is -0.375. The normalized spacial score (nSPS) is 15.1. The van der Waals surface area contributed by atoms with Crippen LogP contribution >= 0.6 is 24.0 Å². The van der Waals surface area contributed by atoms with Gasteiger partial charge in [0.2, 0.25) is 5.95 Å². The van der Waals surface area contributed by atoms with Gasteiger partial charge in [-0.15, -0.1) is 12.4 Å². The smallest absolute Gasteiger partial charge is 0.324 e. The number of nitrogens with zero attached hydrogens (tertiary/aromatic N) is 2. The van der Waals surface area contributed by atoms with E-state index in [4.69, 9.17) is 11.6 Å². The highest BCUT2D eigenvalue weighted by atomic mass is 35.5. The molecule has 0 amide bonds. The van der Waals surface area contributed by atoms with Crippen molar-refractivity contribution in [1.82, 2.24) is 20.6 Å². The summed E-state index contributed by atoms with van der Waals surface area (Å²) < 4.78 is 40.3. The first-order valence-corrected chi connectivity index (χ1v) is 9.17. The van der Waals surface area contributed by atoms with E-state index in [-0.39, 0.29) is 30.5 Å². The van der Waals surface area contributed by atoms with Crippen molar-refractivity contribution in [3.63, 3.8) is 0 Å². The number of rotatable bonds is 6. The quantitative estimate of drug-likeness (QED) is 0.627. The summed E-state index contributed by atoms with van der Waals surface area (Å²) in [5.74, 6) is 0.358. The second-order valence-corrected chi connectivity index (χ2v) is 6.96. The van der Waals surface area contributed by atoms with Crippen LogP contribution in [-0.2, 0) is 12.7 Å². The Morgan fingerprint density at radius 1 is 1.21 bits per heavy atom. The molecule has 0 saturated carbocycles. The fourth-order valence-electron chi connectivity index (χ4n) is 3.03. The number of piperidine rings is 1. The molecule has 10 heteroatoms. The van der Waals surface area contributed by atoms with Gasteiger partial charge in [0.1, 0.15) is 0 Å². The molecule has 0 bridgehead atoms. The van der Waals surface area contributed by atoms with Crippen LogP contribution in [0.2, 0.25) is 5.02 Å². The molecule has 1 aromatic carbocycles. The van der Waals surface area contributed by atoms with Crippen LogP contribution in [0.1, 0.15) is 24.1 Å². The van der Waals surface area contributed by atoms with E-state index in [1.807, 2.05) is 0 Å². The maximum Gasteiger partial charge on any atom is 0.433 e. The SMILES string of the molecule is Cl.FC(F)(F)c1nc(Nc2cccc(Cl)c2)ncc1CNCC1CCNCC1. The second-order valence-electron chi connectivity index (χ2n) is 6.52. The van der Waals surface area contributed by atoms with Crippen molar-refractivity contribution >= 4 is 35.6 Å². The van der Waals surface area contributed by atoms with E-state index in [9.17, 15) is 13.2 Å². The number of aromatic nitrogens is 2. The van der Waals surface area contributed by atoms with Gasteiger partial charge in [0, 0.05) is 29.0 Å². The Morgan fingerprint density at radius 3 is 2.64 bits per heavy atom. The van der Waals surface area contributed by atoms with E-state index in [0.717, 1.165) is 25.9 Å². The molecule has 154 valence electrons. The highest BCUT2D eigenvalue weighted by Gasteiger charge is 2.36. The molecular formula is C18H22Cl2F3N5. The third kappa shape index (κ3) is 6.48. The third-order valence-corrected chi connectivity index (χ3v) is 4.66. The van der Waals surface area contributed by atoms with Gasteiger partial charge in [0.25, 0.3) is 0 Å². The van der Waals surface area contributed by atoms with Gasteiger partial charge in [-0.3, -0.25) is 0 Å². The lowest BCUT2D eigenvalue weighted by Gasteiger charge is -2.23. The summed E-state index contributed by atoms with van der Waals surface area (Å²) in [6.45, 7) is 2.66. The average Bonchev–Trinajstić information content (AvgIpc) is 2.63. The molecule has 28 heavy (non-hydrogen) atoms. The summed E-state index contributed by atoms with van der Waals surface area (Å²) in [6.07, 6.45) is -1.28. The number of halogens is 5. The average molecular weight is 436 g/mol. The van der Waals surface area contributed by atoms with Crippen LogP contribution in [-0.4, -0.2) is 29.6 Å². The van der Waals surface area contributed by atoms with Gasteiger partial charge in [-0.2, -0.15) is 13.2 Å². The fraction of sp³-hybridized carbons (Fsp3) is 0.444. The van der Waals surface area contributed by atoms with Gasteiger partial charge in [0.05, 0.1) is 0 Å². The topological polar surface area (TPSA) is 61.9 Å². The molecule has 2 heterocycles. The van der Waals surface area contributed by atoms with Crippen LogP contribution in [0.15, 0.2) is 30.5 Å². The molecule has 2 aromatic rings. The Hall–Kier alpha value is -1.61. The van der Waals surface area contributed by atoms with Crippen LogP contribution in [0.3, 0.4) is 0 Å². The molecule has 0 atom stereocenters. The number of nitrogens with one attached hydrogen (secondary N) is 3. The minimum Gasteiger partial charge on any atom is -0.324 e. The van der Waals surface area contributed by atoms with Crippen molar-refractivity contribution in [2.75, 3.05) is 25.0 Å². The molecule has 1 aliphatic rings. The lowest BCUT2D eigenvalue weighted by Crippen LogP contribution is -2.33. The molecule has 0 spiro atoms. The van der Waals surface area contributed by atoms with Gasteiger partial charge in [-0.1, -0.05) is 17.7 Å². The lowest BCUT2D eigenvalue weighted by molar-refractivity contribution is -0.141. The van der Waals surface area contributed by atoms with Crippen LogP contribution in [0.4, 0.5) is 24.8 Å². The van der Waals surface area contributed by atoms with Crippen LogP contribution in [0.25, 0.3) is 0 Å². The zero-order valence-electron chi connectivity index (χ0n) is 15.0. The predicted octanol–water partition coefficient (Wildman–Crippen LogP) is 4.40. The summed E-state index contributed by atoms with van der Waals surface area (Å²) in [4.78, 5) is 7.72. The molecular weight excluding hydrogens is 414 g/mol. The zero-order valence-corrected chi connectivity index (χ0v) is 16.6. The van der Waals surface area contributed by atoms with Gasteiger partial charge in [-0.05, 0) is 56.6 Å². The van der Waals surface area contributed by atoms with E-state index in [1.54, 1.807) is 24.3 Å². The monoisotopic (exact) mass is 435 g/mol. The largest absolute Gasteiger partial charge is 0.433 e. The highest BCUT2D eigenvalue weighted by Crippen LogP contribution is 2.31. The van der Waals surface area contributed by atoms with Gasteiger partial charge in [0.15, 0.2) is 5.69 Å². The Kier molecular flexibility index (Phi) is 8.30. The maximum atomic E-state index is 13.4. The van der Waals surface area contributed by atoms with Crippen molar-refractivity contribution in [3.8, 4) is 0 Å². The molecule has 0 radical (unpaired) electrons. The Bertz CT molecular complexity index is 767. The lowest BCUT2D eigenvalue weighted by atomic mass is 9.98. The minimum atomic E-state index is -4.56. The van der Waals surface area contributed by atoms with E-state index in [0.29, 0.717) is 23.2 Å². The molecule has 3 rings (SSSR count). The summed E-state index contributed by atoms with van der Waals surface area (Å²) in [5, 5.41) is 9.61. The fourth-order valence-corrected chi connectivity index (χ4v) is 3.22. The van der Waals surface area contributed by atoms with E-state index < -0.39 is 11.9 Å². The summed E-state index contributed by atoms with van der Waals surface area (Å²) >= 11 is 5.89. The standard InChI is InChI=1S/C18H21ClF3N5.ClH/c19-14-2-1-3-15(8-14)26-17-25-11-13(16(27-17)18(20,21)22)10-24-9-12-4-6-23-7-5-12;/h1-3,8,11-12,23-24H,4-7,9-10H2,(H,25,26,27);1H. The molecule has 0 aliphatic carbocycles. The van der Waals surface area contributed by atoms with Crippen LogP contribution < -0.4 is 16.0 Å². The number of hydrogen-bond donors (Lipinski definition) is 3. The van der Waals surface area contributed by atoms with Gasteiger partial charge < -0.3 is 16.0 Å². The Labute approximate surface area is 172 Å². The van der Waals surface area contributed by atoms with Crippen molar-refractivity contribution in [2.45, 2.75) is 25.6 Å². The van der Waals surface area contributed by atoms with E-state index >= 15 is 0 Å². The van der Waals surface area contributed by atoms with Crippen molar-refractivity contribution in [1.29, 1.82) is 0 Å². The number of benzene rings is 1. The summed E-state index contributed by atoms with van der Waals surface area (Å²) in [6, 6.07) is 6.63. The van der Waals surface area contributed by atoms with E-state index in [2.05, 4.69) is 25.9 Å². The molecule has 1 aliphatic heterocycles. The summed E-state index contributed by atoms with van der Waals surface area (Å²) in [7, 11) is 0. The Balaban J connectivity index is 0.00000280. The van der Waals surface area contributed by atoms with Gasteiger partial charge >= 0.3 is 6.18 Å². The molecule has 1 saturated heterocycles. The third-order valence-electron chi connectivity index (χ3n) is 4.42. The number of hydrogen-bond acceptors (Lipinski definition) is 5. The molecule has 0 unspecified atom stereocenters. The molecule has 3 N–H and O–H groups in total. The van der Waals surface area contributed by atoms with Gasteiger partial charge in [-0.25, -0.2) is 9.97 Å². The first kappa shape index (κ1) is 22.7. The van der Waals surface area contributed by atoms with Crippen molar-refractivity contribution < 1.29 is 13.2 Å². The molecule has 1 fully saturated rings. The van der Waals surface area contributed by atoms with E-state index in [1.165, 1.54) is 6.20 Å². The number of alkyl halides is 3. The Morgan fingerprint density at radius 2 is 1.96 bits per heavy atom. The molecule has 1 aromatic heterocycles. The first-order valence-electron chi connectivity index (χ1n) is 8.79. The first-order chi connectivity index (χ1) is 12.9. The van der Waals surface area contributed by atoms with Crippen LogP contribution in [0.5, 0.6) is 0 Å².